The Morgan fingerprint density at radius 2 is 2.33 bits per heavy atom. The van der Waals surface area contributed by atoms with Gasteiger partial charge < -0.3 is 10.2 Å². The summed E-state index contributed by atoms with van der Waals surface area (Å²) in [6, 6.07) is 4.55. The van der Waals surface area contributed by atoms with E-state index in [1.807, 2.05) is 12.1 Å². The molecule has 4 nitrogen and oxygen atoms in total. The Morgan fingerprint density at radius 1 is 1.56 bits per heavy atom. The zero-order valence-corrected chi connectivity index (χ0v) is 11.7. The van der Waals surface area contributed by atoms with E-state index >= 15 is 0 Å². The highest BCUT2D eigenvalue weighted by Crippen LogP contribution is 2.28. The molecule has 1 aliphatic heterocycles. The van der Waals surface area contributed by atoms with Crippen LogP contribution < -0.4 is 5.73 Å². The van der Waals surface area contributed by atoms with E-state index in [-0.39, 0.29) is 5.54 Å². The number of nitrogens with two attached hydrogens (primary N) is 1. The zero-order valence-electron chi connectivity index (χ0n) is 11.7. The molecular formula is C14H25N3O. The first-order chi connectivity index (χ1) is 8.57. The van der Waals surface area contributed by atoms with E-state index in [2.05, 4.69) is 30.7 Å². The summed E-state index contributed by atoms with van der Waals surface area (Å²) in [5.74, 6) is 1.01. The van der Waals surface area contributed by atoms with Crippen LogP contribution in [0.1, 0.15) is 26.0 Å². The van der Waals surface area contributed by atoms with Crippen LogP contribution in [0.15, 0.2) is 22.8 Å². The molecule has 0 aliphatic carbocycles. The lowest BCUT2D eigenvalue weighted by Crippen LogP contribution is -2.53. The Kier molecular flexibility index (Phi) is 4.10. The van der Waals surface area contributed by atoms with Crippen molar-refractivity contribution in [1.82, 2.24) is 9.80 Å². The van der Waals surface area contributed by atoms with Crippen LogP contribution >= 0.6 is 0 Å². The van der Waals surface area contributed by atoms with Crippen molar-refractivity contribution in [2.24, 2.45) is 5.73 Å². The molecule has 1 atom stereocenters. The standard InChI is InChI=1S/C14H25N3O/c1-12(2)17-7-6-14(10-15,11-17)16(3)9-13-5-4-8-18-13/h4-5,8,12H,6-7,9-11,15H2,1-3H3. The molecule has 102 valence electrons. The molecule has 0 radical (unpaired) electrons. The number of likely N-dealkylation sites (tertiary alicyclic amines) is 1. The van der Waals surface area contributed by atoms with Gasteiger partial charge in [-0.1, -0.05) is 0 Å². The van der Waals surface area contributed by atoms with Crippen molar-refractivity contribution in [3.05, 3.63) is 24.2 Å². The van der Waals surface area contributed by atoms with Crippen molar-refractivity contribution in [3.8, 4) is 0 Å². The van der Waals surface area contributed by atoms with Crippen LogP contribution in [-0.4, -0.2) is 48.1 Å². The molecule has 0 aromatic carbocycles. The number of hydrogen-bond donors (Lipinski definition) is 1. The first-order valence-electron chi connectivity index (χ1n) is 6.75. The van der Waals surface area contributed by atoms with E-state index in [0.717, 1.165) is 31.8 Å². The summed E-state index contributed by atoms with van der Waals surface area (Å²) in [5, 5.41) is 0. The van der Waals surface area contributed by atoms with Gasteiger partial charge in [-0.3, -0.25) is 9.80 Å². The molecule has 1 aromatic rings. The predicted octanol–water partition coefficient (Wildman–Crippen LogP) is 1.52. The summed E-state index contributed by atoms with van der Waals surface area (Å²) in [6.45, 7) is 8.22. The normalized spacial score (nSPS) is 25.4. The minimum absolute atomic E-state index is 0.0943. The molecule has 1 fully saturated rings. The highest BCUT2D eigenvalue weighted by atomic mass is 16.3. The maximum Gasteiger partial charge on any atom is 0.117 e. The Balaban J connectivity index is 2.04. The second-order valence-corrected chi connectivity index (χ2v) is 5.68. The summed E-state index contributed by atoms with van der Waals surface area (Å²) in [7, 11) is 2.15. The van der Waals surface area contributed by atoms with Crippen molar-refractivity contribution in [2.45, 2.75) is 38.4 Å². The molecule has 1 unspecified atom stereocenters. The molecule has 2 N–H and O–H groups in total. The molecule has 18 heavy (non-hydrogen) atoms. The summed E-state index contributed by atoms with van der Waals surface area (Å²) in [6.07, 6.45) is 2.87. The van der Waals surface area contributed by atoms with Gasteiger partial charge in [-0.25, -0.2) is 0 Å². The van der Waals surface area contributed by atoms with Gasteiger partial charge in [0.1, 0.15) is 5.76 Å². The van der Waals surface area contributed by atoms with Crippen LogP contribution in [0.3, 0.4) is 0 Å². The fourth-order valence-electron chi connectivity index (χ4n) is 2.77. The quantitative estimate of drug-likeness (QED) is 0.862. The second kappa shape index (κ2) is 5.43. The van der Waals surface area contributed by atoms with Crippen LogP contribution in [0.25, 0.3) is 0 Å². The summed E-state index contributed by atoms with van der Waals surface area (Å²) in [4.78, 5) is 4.86. The lowest BCUT2D eigenvalue weighted by molar-refractivity contribution is 0.108. The Hall–Kier alpha value is -0.840. The van der Waals surface area contributed by atoms with E-state index in [1.165, 1.54) is 0 Å². The van der Waals surface area contributed by atoms with Crippen LogP contribution in [0.4, 0.5) is 0 Å². The molecule has 2 rings (SSSR count). The molecular weight excluding hydrogens is 226 g/mol. The Labute approximate surface area is 110 Å². The van der Waals surface area contributed by atoms with Crippen LogP contribution in [-0.2, 0) is 6.54 Å². The molecule has 0 amide bonds. The summed E-state index contributed by atoms with van der Waals surface area (Å²) < 4.78 is 5.43. The van der Waals surface area contributed by atoms with Gasteiger partial charge >= 0.3 is 0 Å². The van der Waals surface area contributed by atoms with Gasteiger partial charge in [0.25, 0.3) is 0 Å². The third-order valence-corrected chi connectivity index (χ3v) is 4.25. The molecule has 4 heteroatoms. The van der Waals surface area contributed by atoms with Crippen molar-refractivity contribution in [1.29, 1.82) is 0 Å². The molecule has 1 aliphatic rings. The largest absolute Gasteiger partial charge is 0.468 e. The fraction of sp³-hybridized carbons (Fsp3) is 0.714. The van der Waals surface area contributed by atoms with E-state index in [4.69, 9.17) is 10.2 Å². The van der Waals surface area contributed by atoms with Gasteiger partial charge in [0.15, 0.2) is 0 Å². The second-order valence-electron chi connectivity index (χ2n) is 5.68. The smallest absolute Gasteiger partial charge is 0.117 e. The van der Waals surface area contributed by atoms with Crippen molar-refractivity contribution in [3.63, 3.8) is 0 Å². The first kappa shape index (κ1) is 13.6. The number of rotatable bonds is 5. The van der Waals surface area contributed by atoms with Crippen molar-refractivity contribution < 1.29 is 4.42 Å². The summed E-state index contributed by atoms with van der Waals surface area (Å²) >= 11 is 0. The van der Waals surface area contributed by atoms with E-state index in [0.29, 0.717) is 12.6 Å². The average molecular weight is 251 g/mol. The highest BCUT2D eigenvalue weighted by molar-refractivity contribution is 5.04. The Bertz CT molecular complexity index is 363. The van der Waals surface area contributed by atoms with Crippen molar-refractivity contribution >= 4 is 0 Å². The van der Waals surface area contributed by atoms with Crippen LogP contribution in [0.2, 0.25) is 0 Å². The molecule has 2 heterocycles. The minimum Gasteiger partial charge on any atom is -0.468 e. The maximum atomic E-state index is 6.06. The molecule has 1 saturated heterocycles. The van der Waals surface area contributed by atoms with E-state index in [1.54, 1.807) is 6.26 Å². The monoisotopic (exact) mass is 251 g/mol. The molecule has 0 spiro atoms. The molecule has 1 aromatic heterocycles. The van der Waals surface area contributed by atoms with Crippen LogP contribution in [0, 0.1) is 0 Å². The lowest BCUT2D eigenvalue weighted by atomic mass is 9.96. The van der Waals surface area contributed by atoms with E-state index < -0.39 is 0 Å². The summed E-state index contributed by atoms with van der Waals surface area (Å²) in [5.41, 5.74) is 6.16. The van der Waals surface area contributed by atoms with Gasteiger partial charge in [0.2, 0.25) is 0 Å². The zero-order chi connectivity index (χ0) is 13.2. The van der Waals surface area contributed by atoms with Gasteiger partial charge in [-0.05, 0) is 39.4 Å². The topological polar surface area (TPSA) is 45.6 Å². The van der Waals surface area contributed by atoms with Gasteiger partial charge in [-0.2, -0.15) is 0 Å². The lowest BCUT2D eigenvalue weighted by Gasteiger charge is -2.38. The Morgan fingerprint density at radius 3 is 2.83 bits per heavy atom. The predicted molar refractivity (Wildman–Crippen MR) is 73.3 cm³/mol. The molecule has 0 bridgehead atoms. The SMILES string of the molecule is CC(C)N1CCC(CN)(N(C)Cc2ccco2)C1. The average Bonchev–Trinajstić information content (AvgIpc) is 2.97. The number of hydrogen-bond acceptors (Lipinski definition) is 4. The highest BCUT2D eigenvalue weighted by Gasteiger charge is 2.41. The van der Waals surface area contributed by atoms with Crippen LogP contribution in [0.5, 0.6) is 0 Å². The maximum absolute atomic E-state index is 6.06. The minimum atomic E-state index is 0.0943. The van der Waals surface area contributed by atoms with Gasteiger partial charge in [0.05, 0.1) is 12.8 Å². The number of nitrogens with zero attached hydrogens (tertiary/aromatic N) is 2. The molecule has 0 saturated carbocycles. The van der Waals surface area contributed by atoms with Crippen molar-refractivity contribution in [2.75, 3.05) is 26.7 Å². The third kappa shape index (κ3) is 2.60. The van der Waals surface area contributed by atoms with E-state index in [9.17, 15) is 0 Å². The number of furan rings is 1. The van der Waals surface area contributed by atoms with Gasteiger partial charge in [-0.15, -0.1) is 0 Å². The third-order valence-electron chi connectivity index (χ3n) is 4.25. The number of likely N-dealkylation sites (N-methyl/N-ethyl adjacent to an activating group) is 1. The first-order valence-corrected chi connectivity index (χ1v) is 6.75. The van der Waals surface area contributed by atoms with Gasteiger partial charge in [0, 0.05) is 31.2 Å². The fourth-order valence-corrected chi connectivity index (χ4v) is 2.77.